The zero-order chi connectivity index (χ0) is 38.2. The first kappa shape index (κ1) is 49.0. The number of carbonyl (C=O) groups excluding carboxylic acids is 2. The maximum Gasteiger partial charge on any atom is 0.469 e. The molecule has 52 heavy (non-hydrogen) atoms. The van der Waals surface area contributed by atoms with Crippen LogP contribution < -0.4 is 0 Å². The second kappa shape index (κ2) is 37.7. The lowest BCUT2D eigenvalue weighted by molar-refractivity contribution is -0.161. The van der Waals surface area contributed by atoms with Crippen molar-refractivity contribution in [2.45, 2.75) is 148 Å². The zero-order valence-electron chi connectivity index (χ0n) is 32.2. The van der Waals surface area contributed by atoms with E-state index < -0.39 is 32.5 Å². The van der Waals surface area contributed by atoms with Crippen LogP contribution in [0.2, 0.25) is 0 Å². The van der Waals surface area contributed by atoms with Gasteiger partial charge in [0.25, 0.3) is 0 Å². The average molecular weight is 745 g/mol. The molecule has 0 heterocycles. The molecule has 1 atom stereocenters. The largest absolute Gasteiger partial charge is 0.469 e. The Morgan fingerprint density at radius 1 is 0.519 bits per heavy atom. The third kappa shape index (κ3) is 39.8. The summed E-state index contributed by atoms with van der Waals surface area (Å²) in [5, 5.41) is 0. The molecule has 0 spiro atoms. The van der Waals surface area contributed by atoms with Gasteiger partial charge >= 0.3 is 19.8 Å². The number of hydrogen-bond acceptors (Lipinski definition) is 6. The molecular formula is C43H69O8P. The van der Waals surface area contributed by atoms with Crippen molar-refractivity contribution in [2.75, 3.05) is 13.2 Å². The smallest absolute Gasteiger partial charge is 0.462 e. The fraction of sp³-hybridized carbons (Fsp3) is 0.581. The van der Waals surface area contributed by atoms with E-state index in [0.717, 1.165) is 57.8 Å². The lowest BCUT2D eigenvalue weighted by atomic mass is 10.1. The van der Waals surface area contributed by atoms with E-state index in [1.807, 2.05) is 18.2 Å². The minimum absolute atomic E-state index is 0.117. The fourth-order valence-electron chi connectivity index (χ4n) is 4.72. The van der Waals surface area contributed by atoms with Crippen LogP contribution >= 0.6 is 7.82 Å². The van der Waals surface area contributed by atoms with E-state index in [4.69, 9.17) is 19.3 Å². The highest BCUT2D eigenvalue weighted by Crippen LogP contribution is 2.35. The highest BCUT2D eigenvalue weighted by atomic mass is 31.2. The van der Waals surface area contributed by atoms with Crippen molar-refractivity contribution >= 4 is 19.8 Å². The molecule has 294 valence electrons. The summed E-state index contributed by atoms with van der Waals surface area (Å²) in [6.45, 7) is 3.45. The van der Waals surface area contributed by atoms with Crippen molar-refractivity contribution in [1.82, 2.24) is 0 Å². The van der Waals surface area contributed by atoms with Crippen LogP contribution in [0.15, 0.2) is 97.2 Å². The van der Waals surface area contributed by atoms with Gasteiger partial charge < -0.3 is 19.3 Å². The molecule has 9 heteroatoms. The van der Waals surface area contributed by atoms with Crippen LogP contribution in [-0.2, 0) is 28.2 Å². The topological polar surface area (TPSA) is 119 Å². The van der Waals surface area contributed by atoms with Gasteiger partial charge in [-0.3, -0.25) is 14.1 Å². The van der Waals surface area contributed by atoms with E-state index in [1.54, 1.807) is 0 Å². The molecule has 0 aliphatic heterocycles. The molecule has 8 nitrogen and oxygen atoms in total. The molecule has 0 saturated heterocycles. The van der Waals surface area contributed by atoms with Gasteiger partial charge in [0.1, 0.15) is 6.61 Å². The summed E-state index contributed by atoms with van der Waals surface area (Å²) in [4.78, 5) is 42.7. The monoisotopic (exact) mass is 744 g/mol. The van der Waals surface area contributed by atoms with Crippen LogP contribution in [0, 0.1) is 0 Å². The number of carbonyl (C=O) groups is 2. The van der Waals surface area contributed by atoms with Crippen molar-refractivity contribution in [1.29, 1.82) is 0 Å². The zero-order valence-corrected chi connectivity index (χ0v) is 33.1. The van der Waals surface area contributed by atoms with Gasteiger partial charge in [0.15, 0.2) is 6.10 Å². The maximum absolute atomic E-state index is 12.4. The first-order valence-electron chi connectivity index (χ1n) is 19.5. The first-order chi connectivity index (χ1) is 25.3. The van der Waals surface area contributed by atoms with E-state index in [9.17, 15) is 14.2 Å². The Bertz CT molecular complexity index is 1160. The normalized spacial score (nSPS) is 13.5. The second-order valence-electron chi connectivity index (χ2n) is 12.5. The summed E-state index contributed by atoms with van der Waals surface area (Å²) in [5.41, 5.74) is 0. The molecule has 0 aromatic carbocycles. The lowest BCUT2D eigenvalue weighted by Gasteiger charge is -2.18. The lowest BCUT2D eigenvalue weighted by Crippen LogP contribution is -2.29. The van der Waals surface area contributed by atoms with E-state index in [0.29, 0.717) is 19.3 Å². The Morgan fingerprint density at radius 3 is 1.38 bits per heavy atom. The van der Waals surface area contributed by atoms with Gasteiger partial charge in [-0.1, -0.05) is 143 Å². The average Bonchev–Trinajstić information content (AvgIpc) is 3.11. The van der Waals surface area contributed by atoms with Crippen molar-refractivity contribution in [3.8, 4) is 0 Å². The Labute approximate surface area is 315 Å². The van der Waals surface area contributed by atoms with Crippen LogP contribution in [0.3, 0.4) is 0 Å². The molecule has 0 fully saturated rings. The summed E-state index contributed by atoms with van der Waals surface area (Å²) in [7, 11) is -4.78. The van der Waals surface area contributed by atoms with Crippen LogP contribution in [0.25, 0.3) is 0 Å². The number of phosphoric ester groups is 1. The van der Waals surface area contributed by atoms with Gasteiger partial charge in [0.05, 0.1) is 6.61 Å². The van der Waals surface area contributed by atoms with Crippen molar-refractivity contribution in [2.24, 2.45) is 0 Å². The molecule has 0 saturated carbocycles. The molecule has 0 amide bonds. The number of ether oxygens (including phenoxy) is 2. The number of hydrogen-bond donors (Lipinski definition) is 2. The summed E-state index contributed by atoms with van der Waals surface area (Å²) in [5.74, 6) is -1.03. The van der Waals surface area contributed by atoms with Gasteiger partial charge in [-0.2, -0.15) is 0 Å². The molecule has 0 radical (unpaired) electrons. The third-order valence-corrected chi connectivity index (χ3v) is 8.07. The van der Waals surface area contributed by atoms with E-state index in [1.165, 1.54) is 38.5 Å². The minimum atomic E-state index is -4.78. The molecule has 0 aliphatic carbocycles. The Morgan fingerprint density at radius 2 is 0.923 bits per heavy atom. The number of phosphoric acid groups is 1. The predicted molar refractivity (Wildman–Crippen MR) is 216 cm³/mol. The Balaban J connectivity index is 4.17. The van der Waals surface area contributed by atoms with Crippen molar-refractivity contribution in [3.63, 3.8) is 0 Å². The molecule has 0 unspecified atom stereocenters. The Kier molecular flexibility index (Phi) is 35.5. The van der Waals surface area contributed by atoms with Gasteiger partial charge in [-0.15, -0.1) is 0 Å². The number of rotatable bonds is 34. The maximum atomic E-state index is 12.4. The van der Waals surface area contributed by atoms with Gasteiger partial charge in [0.2, 0.25) is 0 Å². The van der Waals surface area contributed by atoms with Crippen molar-refractivity contribution < 1.29 is 37.9 Å². The molecule has 0 rings (SSSR count). The number of unbranched alkanes of at least 4 members (excludes halogenated alkanes) is 8. The minimum Gasteiger partial charge on any atom is -0.462 e. The van der Waals surface area contributed by atoms with E-state index in [2.05, 4.69) is 97.4 Å². The van der Waals surface area contributed by atoms with E-state index in [-0.39, 0.29) is 19.4 Å². The molecule has 2 N–H and O–H groups in total. The molecule has 0 bridgehead atoms. The second-order valence-corrected chi connectivity index (χ2v) is 13.8. The summed E-state index contributed by atoms with van der Waals surface area (Å²) >= 11 is 0. The number of allylic oxidation sites excluding steroid dienone is 16. The highest BCUT2D eigenvalue weighted by molar-refractivity contribution is 7.46. The molecular weight excluding hydrogens is 675 g/mol. The predicted octanol–water partition coefficient (Wildman–Crippen LogP) is 11.8. The summed E-state index contributed by atoms with van der Waals surface area (Å²) < 4.78 is 26.2. The molecule has 0 aliphatic rings. The molecule has 0 aromatic rings. The van der Waals surface area contributed by atoms with Crippen LogP contribution in [0.1, 0.15) is 142 Å². The van der Waals surface area contributed by atoms with Gasteiger partial charge in [-0.05, 0) is 83.5 Å². The van der Waals surface area contributed by atoms with Crippen LogP contribution in [-0.4, -0.2) is 41.0 Å². The van der Waals surface area contributed by atoms with Crippen molar-refractivity contribution in [3.05, 3.63) is 97.2 Å². The van der Waals surface area contributed by atoms with E-state index >= 15 is 0 Å². The first-order valence-corrected chi connectivity index (χ1v) is 21.1. The standard InChI is InChI=1S/C43H69O8P/c1-3-5-7-9-11-13-15-17-19-21-23-25-27-29-31-33-35-37-42(44)49-39-41(40-50-52(46,47)48)51-43(45)38-36-34-32-30-28-26-24-22-20-18-16-14-12-10-8-6-4-2/h6,8,12,14,17-20,23-26,29-32,41H,3-5,7,9-11,13,15-16,21-22,27-28,33-40H2,1-2H3,(H2,46,47,48)/b8-6+,14-12+,19-17+,20-18+,25-23+,26-24+,31-29+,32-30+/t41-/m1/s1. The summed E-state index contributed by atoms with van der Waals surface area (Å²) in [6.07, 6.45) is 51.4. The third-order valence-electron chi connectivity index (χ3n) is 7.59. The molecule has 0 aromatic heterocycles. The fourth-order valence-corrected chi connectivity index (χ4v) is 5.08. The summed E-state index contributed by atoms with van der Waals surface area (Å²) in [6, 6.07) is 0. The van der Waals surface area contributed by atoms with Crippen LogP contribution in [0.5, 0.6) is 0 Å². The SMILES string of the molecule is CC/C=C/C/C=C/C/C=C/C/C=C/C/C=C/CCCC(=O)O[C@H](COC(=O)CCC/C=C/C/C=C/C/C=C/CCCCCCCC)COP(=O)(O)O. The van der Waals surface area contributed by atoms with Gasteiger partial charge in [-0.25, -0.2) is 4.57 Å². The Hall–Kier alpha value is -3.03. The quantitative estimate of drug-likeness (QED) is 0.0289. The highest BCUT2D eigenvalue weighted by Gasteiger charge is 2.22. The van der Waals surface area contributed by atoms with Gasteiger partial charge in [0, 0.05) is 12.8 Å². The number of esters is 2. The van der Waals surface area contributed by atoms with Crippen LogP contribution in [0.4, 0.5) is 0 Å².